The van der Waals surface area contributed by atoms with E-state index in [0.717, 1.165) is 17.6 Å². The minimum Gasteiger partial charge on any atom is -0.363 e. The van der Waals surface area contributed by atoms with E-state index in [0.29, 0.717) is 22.8 Å². The van der Waals surface area contributed by atoms with Gasteiger partial charge in [0.2, 0.25) is 0 Å². The van der Waals surface area contributed by atoms with Gasteiger partial charge in [0.15, 0.2) is 0 Å². The zero-order chi connectivity index (χ0) is 21.2. The Labute approximate surface area is 186 Å². The van der Waals surface area contributed by atoms with Crippen LogP contribution in [-0.2, 0) is 22.0 Å². The molecule has 0 bridgehead atoms. The van der Waals surface area contributed by atoms with Gasteiger partial charge in [0.05, 0.1) is 34.5 Å². The summed E-state index contributed by atoms with van der Waals surface area (Å²) in [6, 6.07) is 18.0. The predicted molar refractivity (Wildman–Crippen MR) is 122 cm³/mol. The second-order valence-electron chi connectivity index (χ2n) is 8.45. The first-order valence-electron chi connectivity index (χ1n) is 10.3. The topological polar surface area (TPSA) is 55.2 Å². The molecule has 156 valence electrons. The molecule has 2 aliphatic rings. The zero-order valence-electron chi connectivity index (χ0n) is 16.7. The highest BCUT2D eigenvalue weighted by atomic mass is 35.5. The largest absolute Gasteiger partial charge is 0.363 e. The van der Waals surface area contributed by atoms with Crippen molar-refractivity contribution in [2.75, 3.05) is 11.4 Å². The molecule has 3 heterocycles. The summed E-state index contributed by atoms with van der Waals surface area (Å²) in [7, 11) is -3.77. The lowest BCUT2D eigenvalue weighted by molar-refractivity contribution is 0.586. The van der Waals surface area contributed by atoms with Gasteiger partial charge in [-0.15, -0.1) is 0 Å². The van der Waals surface area contributed by atoms with Crippen molar-refractivity contribution >= 4 is 38.2 Å². The number of nitrogens with zero attached hydrogens (tertiary/aromatic N) is 3. The maximum absolute atomic E-state index is 13.7. The van der Waals surface area contributed by atoms with Crippen LogP contribution in [-0.4, -0.2) is 23.9 Å². The second-order valence-corrected chi connectivity index (χ2v) is 10.7. The van der Waals surface area contributed by atoms with Crippen molar-refractivity contribution in [1.29, 1.82) is 0 Å². The third kappa shape index (κ3) is 2.89. The number of hydrogen-bond donors (Lipinski definition) is 0. The minimum absolute atomic E-state index is 0.205. The van der Waals surface area contributed by atoms with E-state index < -0.39 is 10.0 Å². The summed E-state index contributed by atoms with van der Waals surface area (Å²) < 4.78 is 28.8. The van der Waals surface area contributed by atoms with Crippen molar-refractivity contribution < 1.29 is 8.42 Å². The fourth-order valence-corrected chi connectivity index (χ4v) is 6.58. The van der Waals surface area contributed by atoms with E-state index in [2.05, 4.69) is 16.0 Å². The average molecular weight is 450 g/mol. The van der Waals surface area contributed by atoms with Crippen molar-refractivity contribution in [3.8, 4) is 0 Å². The van der Waals surface area contributed by atoms with E-state index in [9.17, 15) is 8.42 Å². The van der Waals surface area contributed by atoms with Crippen molar-refractivity contribution in [3.63, 3.8) is 0 Å². The first-order valence-corrected chi connectivity index (χ1v) is 12.1. The van der Waals surface area contributed by atoms with Gasteiger partial charge in [-0.1, -0.05) is 29.8 Å². The number of pyridine rings is 1. The van der Waals surface area contributed by atoms with Crippen molar-refractivity contribution in [3.05, 3.63) is 89.3 Å². The van der Waals surface area contributed by atoms with Crippen molar-refractivity contribution in [2.45, 2.75) is 29.7 Å². The van der Waals surface area contributed by atoms with Crippen LogP contribution in [0.25, 0.3) is 10.9 Å². The Morgan fingerprint density at radius 2 is 1.84 bits per heavy atom. The molecule has 1 saturated carbocycles. The third-order valence-corrected chi connectivity index (χ3v) is 8.50. The molecule has 1 aliphatic heterocycles. The Morgan fingerprint density at radius 1 is 1.03 bits per heavy atom. The number of rotatable bonds is 4. The molecular formula is C24H20ClN3O2S. The van der Waals surface area contributed by atoms with Gasteiger partial charge in [0, 0.05) is 28.6 Å². The van der Waals surface area contributed by atoms with Crippen LogP contribution < -0.4 is 4.90 Å². The molecule has 0 atom stereocenters. The quantitative estimate of drug-likeness (QED) is 0.441. The molecule has 1 spiro atoms. The summed E-state index contributed by atoms with van der Waals surface area (Å²) in [4.78, 5) is 6.87. The lowest BCUT2D eigenvalue weighted by Crippen LogP contribution is -2.26. The zero-order valence-corrected chi connectivity index (χ0v) is 18.3. The SMILES string of the molecule is O=S(=O)(c1ccccc1)n1c(CN2CC3(CC3)c3ccncc32)cc2cc(Cl)ccc21. The summed E-state index contributed by atoms with van der Waals surface area (Å²) >= 11 is 6.22. The van der Waals surface area contributed by atoms with Crippen LogP contribution in [0.5, 0.6) is 0 Å². The number of anilines is 1. The molecule has 0 N–H and O–H groups in total. The summed E-state index contributed by atoms with van der Waals surface area (Å²) in [5.74, 6) is 0. The number of halogens is 1. The van der Waals surface area contributed by atoms with Gasteiger partial charge < -0.3 is 4.90 Å². The van der Waals surface area contributed by atoms with E-state index in [1.807, 2.05) is 30.6 Å². The second kappa shape index (κ2) is 6.58. The maximum Gasteiger partial charge on any atom is 0.268 e. The maximum atomic E-state index is 13.7. The number of benzene rings is 2. The molecular weight excluding hydrogens is 430 g/mol. The summed E-state index contributed by atoms with van der Waals surface area (Å²) in [5, 5.41) is 1.40. The van der Waals surface area contributed by atoms with Gasteiger partial charge in [-0.2, -0.15) is 0 Å². The molecule has 4 aromatic rings. The molecule has 1 fully saturated rings. The normalized spacial score (nSPS) is 16.7. The highest BCUT2D eigenvalue weighted by Gasteiger charge is 2.51. The van der Waals surface area contributed by atoms with E-state index in [4.69, 9.17) is 11.6 Å². The van der Waals surface area contributed by atoms with Crippen LogP contribution in [0.15, 0.2) is 78.0 Å². The Balaban J connectivity index is 1.51. The Morgan fingerprint density at radius 3 is 2.61 bits per heavy atom. The van der Waals surface area contributed by atoms with E-state index in [1.165, 1.54) is 22.4 Å². The number of aromatic nitrogens is 2. The van der Waals surface area contributed by atoms with E-state index in [-0.39, 0.29) is 10.3 Å². The predicted octanol–water partition coefficient (Wildman–Crippen LogP) is 4.98. The van der Waals surface area contributed by atoms with Crippen LogP contribution in [0, 0.1) is 0 Å². The molecule has 1 aliphatic carbocycles. The average Bonchev–Trinajstić information content (AvgIpc) is 3.37. The molecule has 7 heteroatoms. The highest BCUT2D eigenvalue weighted by molar-refractivity contribution is 7.90. The van der Waals surface area contributed by atoms with Gasteiger partial charge in [0.1, 0.15) is 0 Å². The number of hydrogen-bond acceptors (Lipinski definition) is 4. The lowest BCUT2D eigenvalue weighted by atomic mass is 10.0. The van der Waals surface area contributed by atoms with Crippen LogP contribution in [0.1, 0.15) is 24.1 Å². The van der Waals surface area contributed by atoms with Gasteiger partial charge >= 0.3 is 0 Å². The molecule has 0 unspecified atom stereocenters. The molecule has 2 aromatic heterocycles. The van der Waals surface area contributed by atoms with Crippen LogP contribution in [0.4, 0.5) is 5.69 Å². The van der Waals surface area contributed by atoms with Crippen LogP contribution in [0.2, 0.25) is 5.02 Å². The molecule has 6 rings (SSSR count). The highest BCUT2D eigenvalue weighted by Crippen LogP contribution is 2.56. The summed E-state index contributed by atoms with van der Waals surface area (Å²) in [6.45, 7) is 1.38. The van der Waals surface area contributed by atoms with Crippen LogP contribution in [0.3, 0.4) is 0 Å². The molecule has 5 nitrogen and oxygen atoms in total. The molecule has 0 radical (unpaired) electrons. The third-order valence-electron chi connectivity index (χ3n) is 6.48. The fourth-order valence-electron chi connectivity index (χ4n) is 4.85. The first-order chi connectivity index (χ1) is 15.0. The Bertz CT molecular complexity index is 1430. The fraction of sp³-hybridized carbons (Fsp3) is 0.208. The van der Waals surface area contributed by atoms with Gasteiger partial charge in [-0.25, -0.2) is 12.4 Å². The van der Waals surface area contributed by atoms with Gasteiger partial charge in [-0.05, 0) is 60.9 Å². The molecule has 0 saturated heterocycles. The molecule has 2 aromatic carbocycles. The molecule has 0 amide bonds. The minimum atomic E-state index is -3.77. The van der Waals surface area contributed by atoms with Gasteiger partial charge in [-0.3, -0.25) is 4.98 Å². The monoisotopic (exact) mass is 449 g/mol. The van der Waals surface area contributed by atoms with Gasteiger partial charge in [0.25, 0.3) is 10.0 Å². The number of fused-ring (bicyclic) bond motifs is 3. The van der Waals surface area contributed by atoms with E-state index >= 15 is 0 Å². The smallest absolute Gasteiger partial charge is 0.268 e. The molecule has 31 heavy (non-hydrogen) atoms. The summed E-state index contributed by atoms with van der Waals surface area (Å²) in [5.41, 5.74) is 3.99. The van der Waals surface area contributed by atoms with Crippen molar-refractivity contribution in [1.82, 2.24) is 8.96 Å². The van der Waals surface area contributed by atoms with E-state index in [1.54, 1.807) is 36.4 Å². The summed E-state index contributed by atoms with van der Waals surface area (Å²) in [6.07, 6.45) is 6.09. The first kappa shape index (κ1) is 18.9. The van der Waals surface area contributed by atoms with Crippen LogP contribution >= 0.6 is 11.6 Å². The Hall–Kier alpha value is -2.83. The Kier molecular flexibility index (Phi) is 4.01. The standard InChI is InChI=1S/C24H20ClN3O2S/c25-18-6-7-22-17(12-18)13-19(28(22)31(29,30)20-4-2-1-3-5-20)15-27-16-24(9-10-24)21-8-11-26-14-23(21)27/h1-8,11-14H,9-10,15-16H2. The van der Waals surface area contributed by atoms with Crippen molar-refractivity contribution in [2.24, 2.45) is 0 Å². The lowest BCUT2D eigenvalue weighted by Gasteiger charge is -2.21.